The van der Waals surface area contributed by atoms with Crippen LogP contribution in [0, 0.1) is 10.1 Å². The van der Waals surface area contributed by atoms with Gasteiger partial charge >= 0.3 is 5.97 Å². The molecule has 0 saturated carbocycles. The minimum atomic E-state index is -0.667. The highest BCUT2D eigenvalue weighted by Crippen LogP contribution is 2.26. The highest BCUT2D eigenvalue weighted by atomic mass is 35.5. The zero-order valence-corrected chi connectivity index (χ0v) is 14.5. The fraction of sp³-hybridized carbons (Fsp3) is 0.0625. The van der Waals surface area contributed by atoms with E-state index in [-0.39, 0.29) is 16.4 Å². The van der Waals surface area contributed by atoms with Gasteiger partial charge in [-0.3, -0.25) is 14.9 Å². The number of nitro groups is 1. The smallest absolute Gasteiger partial charge is 0.338 e. The molecule has 0 bridgehead atoms. The van der Waals surface area contributed by atoms with Gasteiger partial charge in [0.15, 0.2) is 6.61 Å². The topological polar surface area (TPSA) is 111 Å². The predicted molar refractivity (Wildman–Crippen MR) is 96.6 cm³/mol. The van der Waals surface area contributed by atoms with Crippen LogP contribution in [0.2, 0.25) is 5.02 Å². The molecule has 0 aliphatic carbocycles. The minimum Gasteiger partial charge on any atom is -0.452 e. The highest BCUT2D eigenvalue weighted by Gasteiger charge is 2.15. The van der Waals surface area contributed by atoms with E-state index in [4.69, 9.17) is 16.3 Å². The lowest BCUT2D eigenvalue weighted by Gasteiger charge is -2.08. The maximum Gasteiger partial charge on any atom is 0.338 e. The maximum absolute atomic E-state index is 12.0. The number of ether oxygens (including phenoxy) is 1. The number of amides is 1. The van der Waals surface area contributed by atoms with Crippen molar-refractivity contribution in [2.45, 2.75) is 0 Å². The summed E-state index contributed by atoms with van der Waals surface area (Å²) in [5.41, 5.74) is 2.57. The van der Waals surface area contributed by atoms with Crippen LogP contribution in [0.3, 0.4) is 0 Å². The lowest BCUT2D eigenvalue weighted by molar-refractivity contribution is -0.384. The van der Waals surface area contributed by atoms with Crippen LogP contribution in [0.4, 0.5) is 11.4 Å². The molecule has 1 N–H and O–H groups in total. The molecule has 0 fully saturated rings. The molecule has 0 aliphatic heterocycles. The molecule has 10 heteroatoms. The van der Waals surface area contributed by atoms with Crippen molar-refractivity contribution >= 4 is 56.4 Å². The Morgan fingerprint density at radius 3 is 2.85 bits per heavy atom. The maximum atomic E-state index is 12.0. The van der Waals surface area contributed by atoms with Crippen molar-refractivity contribution in [3.8, 4) is 0 Å². The standard InChI is InChI=1S/C16H10ClN3O5S/c17-11-3-2-10(20(23)24)6-13(11)19-15(21)7-25-16(22)9-1-4-12-14(5-9)26-8-18-12/h1-6,8H,7H2,(H,19,21). The summed E-state index contributed by atoms with van der Waals surface area (Å²) in [7, 11) is 0. The second-order valence-corrected chi connectivity index (χ2v) is 6.37. The van der Waals surface area contributed by atoms with Gasteiger partial charge in [0, 0.05) is 12.1 Å². The Balaban J connectivity index is 1.62. The van der Waals surface area contributed by atoms with E-state index in [1.807, 2.05) is 0 Å². The minimum absolute atomic E-state index is 0.0630. The molecule has 26 heavy (non-hydrogen) atoms. The second kappa shape index (κ2) is 7.46. The summed E-state index contributed by atoms with van der Waals surface area (Å²) in [6.07, 6.45) is 0. The number of hydrogen-bond donors (Lipinski definition) is 1. The lowest BCUT2D eigenvalue weighted by atomic mass is 10.2. The van der Waals surface area contributed by atoms with Gasteiger partial charge in [0.25, 0.3) is 11.6 Å². The Bertz CT molecular complexity index is 1020. The van der Waals surface area contributed by atoms with Crippen molar-refractivity contribution in [3.05, 3.63) is 62.6 Å². The van der Waals surface area contributed by atoms with Crippen LogP contribution in [0.5, 0.6) is 0 Å². The third kappa shape index (κ3) is 3.95. The summed E-state index contributed by atoms with van der Waals surface area (Å²) in [5.74, 6) is -1.33. The molecule has 1 amide bonds. The summed E-state index contributed by atoms with van der Waals surface area (Å²) in [6, 6.07) is 8.51. The zero-order valence-electron chi connectivity index (χ0n) is 13.0. The van der Waals surface area contributed by atoms with Crippen molar-refractivity contribution in [3.63, 3.8) is 0 Å². The summed E-state index contributed by atoms with van der Waals surface area (Å²) in [5, 5.41) is 13.3. The van der Waals surface area contributed by atoms with E-state index in [1.54, 1.807) is 23.7 Å². The van der Waals surface area contributed by atoms with E-state index >= 15 is 0 Å². The zero-order chi connectivity index (χ0) is 18.7. The SMILES string of the molecule is O=C(COC(=O)c1ccc2ncsc2c1)Nc1cc([N+](=O)[O-])ccc1Cl. The Kier molecular flexibility index (Phi) is 5.10. The van der Waals surface area contributed by atoms with Crippen molar-refractivity contribution in [2.24, 2.45) is 0 Å². The molecule has 132 valence electrons. The fourth-order valence-corrected chi connectivity index (χ4v) is 2.99. The highest BCUT2D eigenvalue weighted by molar-refractivity contribution is 7.16. The number of fused-ring (bicyclic) bond motifs is 1. The van der Waals surface area contributed by atoms with Gasteiger partial charge < -0.3 is 10.1 Å². The van der Waals surface area contributed by atoms with Crippen molar-refractivity contribution in [2.75, 3.05) is 11.9 Å². The third-order valence-corrected chi connectivity index (χ3v) is 4.46. The van der Waals surface area contributed by atoms with Gasteiger partial charge in [-0.15, -0.1) is 11.3 Å². The van der Waals surface area contributed by atoms with Gasteiger partial charge in [-0.05, 0) is 24.3 Å². The first-order valence-corrected chi connectivity index (χ1v) is 8.44. The number of nitrogens with one attached hydrogen (secondary N) is 1. The van der Waals surface area contributed by atoms with Crippen LogP contribution in [-0.4, -0.2) is 28.4 Å². The predicted octanol–water partition coefficient (Wildman–Crippen LogP) is 3.65. The average molecular weight is 392 g/mol. The largest absolute Gasteiger partial charge is 0.452 e. The molecule has 1 heterocycles. The third-order valence-electron chi connectivity index (χ3n) is 3.34. The first-order valence-electron chi connectivity index (χ1n) is 7.18. The summed E-state index contributed by atoms with van der Waals surface area (Å²) in [4.78, 5) is 38.2. The van der Waals surface area contributed by atoms with E-state index in [0.29, 0.717) is 5.56 Å². The van der Waals surface area contributed by atoms with Gasteiger partial charge in [0.1, 0.15) is 0 Å². The number of hydrogen-bond acceptors (Lipinski definition) is 7. The van der Waals surface area contributed by atoms with E-state index in [0.717, 1.165) is 16.3 Å². The molecule has 0 saturated heterocycles. The number of esters is 1. The van der Waals surface area contributed by atoms with Crippen molar-refractivity contribution in [1.82, 2.24) is 4.98 Å². The number of anilines is 1. The van der Waals surface area contributed by atoms with E-state index < -0.39 is 23.4 Å². The first kappa shape index (κ1) is 17.8. The molecular weight excluding hydrogens is 382 g/mol. The molecule has 3 aromatic rings. The van der Waals surface area contributed by atoms with Crippen LogP contribution < -0.4 is 5.32 Å². The molecule has 3 rings (SSSR count). The summed E-state index contributed by atoms with van der Waals surface area (Å²) >= 11 is 7.28. The van der Waals surface area contributed by atoms with E-state index in [9.17, 15) is 19.7 Å². The van der Waals surface area contributed by atoms with Crippen LogP contribution >= 0.6 is 22.9 Å². The molecule has 2 aromatic carbocycles. The summed E-state index contributed by atoms with van der Waals surface area (Å²) < 4.78 is 5.79. The van der Waals surface area contributed by atoms with Crippen LogP contribution in [0.25, 0.3) is 10.2 Å². The second-order valence-electron chi connectivity index (χ2n) is 5.08. The van der Waals surface area contributed by atoms with E-state index in [1.165, 1.54) is 23.5 Å². The molecule has 1 aromatic heterocycles. The number of benzene rings is 2. The van der Waals surface area contributed by atoms with Crippen LogP contribution in [0.15, 0.2) is 41.9 Å². The number of nitro benzene ring substituents is 1. The van der Waals surface area contributed by atoms with Gasteiger partial charge in [-0.1, -0.05) is 11.6 Å². The molecular formula is C16H10ClN3O5S. The lowest BCUT2D eigenvalue weighted by Crippen LogP contribution is -2.21. The number of thiazole rings is 1. The number of nitrogens with zero attached hydrogens (tertiary/aromatic N) is 2. The number of carbonyl (C=O) groups excluding carboxylic acids is 2. The van der Waals surface area contributed by atoms with Crippen molar-refractivity contribution < 1.29 is 19.2 Å². The van der Waals surface area contributed by atoms with Crippen LogP contribution in [-0.2, 0) is 9.53 Å². The number of rotatable bonds is 5. The Morgan fingerprint density at radius 2 is 2.08 bits per heavy atom. The molecule has 0 aliphatic rings. The Labute approximate surface area is 155 Å². The van der Waals surface area contributed by atoms with Crippen LogP contribution in [0.1, 0.15) is 10.4 Å². The Morgan fingerprint density at radius 1 is 1.27 bits per heavy atom. The van der Waals surface area contributed by atoms with Gasteiger partial charge in [-0.25, -0.2) is 9.78 Å². The Hall–Kier alpha value is -3.04. The van der Waals surface area contributed by atoms with Crippen molar-refractivity contribution in [1.29, 1.82) is 0 Å². The molecule has 8 nitrogen and oxygen atoms in total. The van der Waals surface area contributed by atoms with E-state index in [2.05, 4.69) is 10.3 Å². The average Bonchev–Trinajstić information content (AvgIpc) is 3.09. The normalized spacial score (nSPS) is 10.5. The number of non-ortho nitro benzene ring substituents is 1. The quantitative estimate of drug-likeness (QED) is 0.403. The molecule has 0 unspecified atom stereocenters. The van der Waals surface area contributed by atoms with Gasteiger partial charge in [0.05, 0.1) is 36.9 Å². The number of aromatic nitrogens is 1. The first-order chi connectivity index (χ1) is 12.4. The number of carbonyl (C=O) groups is 2. The molecule has 0 atom stereocenters. The van der Waals surface area contributed by atoms with Gasteiger partial charge in [-0.2, -0.15) is 0 Å². The molecule has 0 spiro atoms. The monoisotopic (exact) mass is 391 g/mol. The molecule has 0 radical (unpaired) electrons. The summed E-state index contributed by atoms with van der Waals surface area (Å²) in [6.45, 7) is -0.557. The fourth-order valence-electron chi connectivity index (χ4n) is 2.11. The van der Waals surface area contributed by atoms with Gasteiger partial charge in [0.2, 0.25) is 0 Å². The number of halogens is 1.